The number of amides is 2. The van der Waals surface area contributed by atoms with Crippen LogP contribution in [0.15, 0.2) is 24.3 Å². The van der Waals surface area contributed by atoms with E-state index in [1.54, 1.807) is 0 Å². The monoisotopic (exact) mass is 339 g/mol. The Hall–Kier alpha value is -1.30. The number of ether oxygens (including phenoxy) is 1. The van der Waals surface area contributed by atoms with E-state index in [0.29, 0.717) is 19.0 Å². The van der Waals surface area contributed by atoms with Crippen LogP contribution in [0.25, 0.3) is 0 Å². The van der Waals surface area contributed by atoms with Crippen molar-refractivity contribution in [2.24, 2.45) is 5.92 Å². The highest BCUT2D eigenvalue weighted by Crippen LogP contribution is 2.23. The second-order valence-electron chi connectivity index (χ2n) is 6.20. The van der Waals surface area contributed by atoms with E-state index in [1.807, 2.05) is 24.3 Å². The van der Waals surface area contributed by atoms with E-state index in [2.05, 4.69) is 29.4 Å². The minimum atomic E-state index is -0.120. The van der Waals surface area contributed by atoms with Crippen LogP contribution in [0.2, 0.25) is 5.02 Å². The van der Waals surface area contributed by atoms with Gasteiger partial charge in [0, 0.05) is 31.2 Å². The summed E-state index contributed by atoms with van der Waals surface area (Å²) >= 11 is 5.99. The summed E-state index contributed by atoms with van der Waals surface area (Å²) < 4.78 is 5.43. The normalized spacial score (nSPS) is 17.0. The van der Waals surface area contributed by atoms with E-state index >= 15 is 0 Å². The van der Waals surface area contributed by atoms with Gasteiger partial charge in [0.1, 0.15) is 0 Å². The predicted octanol–water partition coefficient (Wildman–Crippen LogP) is 2.67. The first-order valence-electron chi connectivity index (χ1n) is 8.15. The maximum atomic E-state index is 11.9. The van der Waals surface area contributed by atoms with Crippen molar-refractivity contribution in [3.8, 4) is 0 Å². The highest BCUT2D eigenvalue weighted by atomic mass is 35.5. The zero-order chi connectivity index (χ0) is 16.7. The minimum Gasteiger partial charge on any atom is -0.379 e. The van der Waals surface area contributed by atoms with Crippen molar-refractivity contribution in [2.45, 2.75) is 19.9 Å². The highest BCUT2D eigenvalue weighted by molar-refractivity contribution is 6.30. The number of carbonyl (C=O) groups is 1. The molecule has 1 aliphatic heterocycles. The van der Waals surface area contributed by atoms with Crippen molar-refractivity contribution in [3.63, 3.8) is 0 Å². The Bertz CT molecular complexity index is 487. The van der Waals surface area contributed by atoms with E-state index in [1.165, 1.54) is 0 Å². The smallest absolute Gasteiger partial charge is 0.314 e. The molecule has 0 aliphatic carbocycles. The van der Waals surface area contributed by atoms with Gasteiger partial charge in [0.2, 0.25) is 0 Å². The predicted molar refractivity (Wildman–Crippen MR) is 92.8 cm³/mol. The second-order valence-corrected chi connectivity index (χ2v) is 6.64. The highest BCUT2D eigenvalue weighted by Gasteiger charge is 2.23. The molecule has 1 aliphatic rings. The molecule has 0 radical (unpaired) electrons. The number of carbonyl (C=O) groups excluding carboxylic acids is 1. The zero-order valence-electron chi connectivity index (χ0n) is 13.8. The van der Waals surface area contributed by atoms with Crippen molar-refractivity contribution in [3.05, 3.63) is 34.9 Å². The molecule has 0 saturated carbocycles. The Labute approximate surface area is 143 Å². The molecule has 2 N–H and O–H groups in total. The lowest BCUT2D eigenvalue weighted by Gasteiger charge is -2.35. The van der Waals surface area contributed by atoms with Gasteiger partial charge in [-0.25, -0.2) is 4.79 Å². The average Bonchev–Trinajstić information content (AvgIpc) is 2.55. The molecule has 5 nitrogen and oxygen atoms in total. The first kappa shape index (κ1) is 18.0. The fraction of sp³-hybridized carbons (Fsp3) is 0.588. The van der Waals surface area contributed by atoms with Gasteiger partial charge in [-0.2, -0.15) is 0 Å². The van der Waals surface area contributed by atoms with Gasteiger partial charge in [-0.15, -0.1) is 0 Å². The first-order valence-corrected chi connectivity index (χ1v) is 8.53. The average molecular weight is 340 g/mol. The Morgan fingerprint density at radius 1 is 1.17 bits per heavy atom. The van der Waals surface area contributed by atoms with Gasteiger partial charge in [-0.1, -0.05) is 37.6 Å². The van der Waals surface area contributed by atoms with Gasteiger partial charge in [0.25, 0.3) is 0 Å². The topological polar surface area (TPSA) is 53.6 Å². The Balaban J connectivity index is 1.98. The molecule has 1 aromatic carbocycles. The van der Waals surface area contributed by atoms with Crippen LogP contribution in [-0.2, 0) is 4.74 Å². The third-order valence-corrected chi connectivity index (χ3v) is 4.12. The summed E-state index contributed by atoms with van der Waals surface area (Å²) in [6, 6.07) is 7.84. The maximum Gasteiger partial charge on any atom is 0.314 e. The molecular weight excluding hydrogens is 314 g/mol. The van der Waals surface area contributed by atoms with Crippen LogP contribution in [0.1, 0.15) is 25.5 Å². The molecular formula is C17H26ClN3O2. The van der Waals surface area contributed by atoms with Gasteiger partial charge >= 0.3 is 6.03 Å². The van der Waals surface area contributed by atoms with Crippen LogP contribution in [0, 0.1) is 5.92 Å². The lowest BCUT2D eigenvalue weighted by atomic mass is 10.0. The van der Waals surface area contributed by atoms with Crippen LogP contribution in [0.3, 0.4) is 0 Å². The number of benzene rings is 1. The van der Waals surface area contributed by atoms with Crippen LogP contribution in [0.4, 0.5) is 4.79 Å². The molecule has 1 unspecified atom stereocenters. The Kier molecular flexibility index (Phi) is 7.15. The zero-order valence-corrected chi connectivity index (χ0v) is 14.6. The summed E-state index contributed by atoms with van der Waals surface area (Å²) in [6.07, 6.45) is 0. The van der Waals surface area contributed by atoms with E-state index in [0.717, 1.165) is 36.9 Å². The lowest BCUT2D eigenvalue weighted by Crippen LogP contribution is -2.46. The van der Waals surface area contributed by atoms with E-state index in [4.69, 9.17) is 16.3 Å². The summed E-state index contributed by atoms with van der Waals surface area (Å²) in [5.74, 6) is 0.437. The standard InChI is InChI=1S/C17H26ClN3O2/c1-13(2)11-19-17(22)20-12-16(21-7-9-23-10-8-21)14-3-5-15(18)6-4-14/h3-6,13,16H,7-12H2,1-2H3,(H2,19,20,22). The molecule has 0 bridgehead atoms. The SMILES string of the molecule is CC(C)CNC(=O)NCC(c1ccc(Cl)cc1)N1CCOCC1. The molecule has 23 heavy (non-hydrogen) atoms. The molecule has 1 fully saturated rings. The van der Waals surface area contributed by atoms with Crippen LogP contribution in [0.5, 0.6) is 0 Å². The summed E-state index contributed by atoms with van der Waals surface area (Å²) in [6.45, 7) is 8.56. The number of rotatable bonds is 6. The number of nitrogens with one attached hydrogen (secondary N) is 2. The lowest BCUT2D eigenvalue weighted by molar-refractivity contribution is 0.0167. The fourth-order valence-electron chi connectivity index (χ4n) is 2.58. The summed E-state index contributed by atoms with van der Waals surface area (Å²) in [5.41, 5.74) is 1.15. The molecule has 1 atom stereocenters. The fourth-order valence-corrected chi connectivity index (χ4v) is 2.71. The number of halogens is 1. The van der Waals surface area contributed by atoms with Gasteiger partial charge in [-0.3, -0.25) is 4.90 Å². The third kappa shape index (κ3) is 6.01. The molecule has 1 aromatic rings. The van der Waals surface area contributed by atoms with E-state index in [9.17, 15) is 4.79 Å². The molecule has 2 rings (SSSR count). The number of urea groups is 1. The largest absolute Gasteiger partial charge is 0.379 e. The summed E-state index contributed by atoms with van der Waals surface area (Å²) in [5, 5.41) is 6.59. The molecule has 1 heterocycles. The summed E-state index contributed by atoms with van der Waals surface area (Å²) in [7, 11) is 0. The van der Waals surface area contributed by atoms with Crippen molar-refractivity contribution in [2.75, 3.05) is 39.4 Å². The molecule has 6 heteroatoms. The van der Waals surface area contributed by atoms with Crippen molar-refractivity contribution >= 4 is 17.6 Å². The third-order valence-electron chi connectivity index (χ3n) is 3.87. The van der Waals surface area contributed by atoms with E-state index < -0.39 is 0 Å². The Morgan fingerprint density at radius 2 is 1.78 bits per heavy atom. The minimum absolute atomic E-state index is 0.120. The number of nitrogens with zero attached hydrogens (tertiary/aromatic N) is 1. The van der Waals surface area contributed by atoms with Gasteiger partial charge < -0.3 is 15.4 Å². The van der Waals surface area contributed by atoms with Crippen LogP contribution in [-0.4, -0.2) is 50.3 Å². The van der Waals surface area contributed by atoms with Crippen LogP contribution >= 0.6 is 11.6 Å². The van der Waals surface area contributed by atoms with E-state index in [-0.39, 0.29) is 12.1 Å². The van der Waals surface area contributed by atoms with Crippen molar-refractivity contribution < 1.29 is 9.53 Å². The molecule has 0 spiro atoms. The first-order chi connectivity index (χ1) is 11.1. The molecule has 2 amide bonds. The van der Waals surface area contributed by atoms with Crippen LogP contribution < -0.4 is 10.6 Å². The molecule has 128 valence electrons. The second kappa shape index (κ2) is 9.11. The number of hydrogen-bond acceptors (Lipinski definition) is 3. The van der Waals surface area contributed by atoms with Gasteiger partial charge in [0.05, 0.1) is 19.3 Å². The van der Waals surface area contributed by atoms with Crippen molar-refractivity contribution in [1.82, 2.24) is 15.5 Å². The number of hydrogen-bond donors (Lipinski definition) is 2. The molecule has 0 aromatic heterocycles. The maximum absolute atomic E-state index is 11.9. The quantitative estimate of drug-likeness (QED) is 0.837. The summed E-state index contributed by atoms with van der Waals surface area (Å²) in [4.78, 5) is 14.3. The van der Waals surface area contributed by atoms with Crippen molar-refractivity contribution in [1.29, 1.82) is 0 Å². The van der Waals surface area contributed by atoms with Gasteiger partial charge in [-0.05, 0) is 23.6 Å². The Morgan fingerprint density at radius 3 is 2.39 bits per heavy atom. The molecule has 1 saturated heterocycles. The van der Waals surface area contributed by atoms with Gasteiger partial charge in [0.15, 0.2) is 0 Å². The number of morpholine rings is 1.